The summed E-state index contributed by atoms with van der Waals surface area (Å²) < 4.78 is 0. The molecule has 0 heterocycles. The molecule has 0 aliphatic heterocycles. The van der Waals surface area contributed by atoms with E-state index in [2.05, 4.69) is 13.0 Å². The first-order valence-corrected chi connectivity index (χ1v) is 9.27. The van der Waals surface area contributed by atoms with E-state index in [1.165, 1.54) is 18.4 Å². The molecule has 124 valence electrons. The second-order valence-electron chi connectivity index (χ2n) is 8.74. The number of nitrogens with two attached hydrogens (primary N) is 1. The zero-order valence-electron chi connectivity index (χ0n) is 13.8. The Bertz CT molecular complexity index is 490. The fraction of sp³-hybridized carbons (Fsp3) is 0.895. The van der Waals surface area contributed by atoms with E-state index in [-0.39, 0.29) is 23.0 Å². The molecule has 0 bridgehead atoms. The van der Waals surface area contributed by atoms with Crippen LogP contribution in [0.1, 0.15) is 58.3 Å². The van der Waals surface area contributed by atoms with Gasteiger partial charge in [0.2, 0.25) is 0 Å². The lowest BCUT2D eigenvalue weighted by Gasteiger charge is -2.58. The average molecular weight is 305 g/mol. The number of rotatable bonds is 1. The number of aliphatic hydroxyl groups is 2. The Hall–Kier alpha value is -0.380. The molecule has 3 fully saturated rings. The first-order chi connectivity index (χ1) is 10.5. The Morgan fingerprint density at radius 2 is 1.95 bits per heavy atom. The van der Waals surface area contributed by atoms with Gasteiger partial charge in [0.1, 0.15) is 0 Å². The number of allylic oxidation sites excluding steroid dienone is 1. The van der Waals surface area contributed by atoms with Crippen molar-refractivity contribution in [2.75, 3.05) is 6.54 Å². The van der Waals surface area contributed by atoms with Crippen LogP contribution in [-0.4, -0.2) is 29.0 Å². The fourth-order valence-corrected chi connectivity index (χ4v) is 6.79. The van der Waals surface area contributed by atoms with Gasteiger partial charge in [-0.2, -0.15) is 0 Å². The van der Waals surface area contributed by atoms with E-state index in [0.29, 0.717) is 17.8 Å². The molecule has 0 saturated heterocycles. The van der Waals surface area contributed by atoms with E-state index in [9.17, 15) is 10.2 Å². The van der Waals surface area contributed by atoms with Crippen molar-refractivity contribution >= 4 is 0 Å². The van der Waals surface area contributed by atoms with Crippen LogP contribution in [-0.2, 0) is 0 Å². The maximum absolute atomic E-state index is 10.5. The van der Waals surface area contributed by atoms with Crippen molar-refractivity contribution in [2.24, 2.45) is 34.3 Å². The molecule has 0 amide bonds. The third kappa shape index (κ3) is 1.85. The minimum Gasteiger partial charge on any atom is -0.393 e. The van der Waals surface area contributed by atoms with Crippen LogP contribution in [0, 0.1) is 28.6 Å². The van der Waals surface area contributed by atoms with Crippen molar-refractivity contribution in [1.29, 1.82) is 0 Å². The number of aliphatic hydroxyl groups excluding tert-OH is 2. The largest absolute Gasteiger partial charge is 0.393 e. The molecule has 4 aliphatic rings. The molecule has 4 aliphatic carbocycles. The molecule has 0 unspecified atom stereocenters. The van der Waals surface area contributed by atoms with Crippen molar-refractivity contribution in [1.82, 2.24) is 0 Å². The second kappa shape index (κ2) is 5.06. The van der Waals surface area contributed by atoms with E-state index in [0.717, 1.165) is 45.1 Å². The first kappa shape index (κ1) is 15.2. The molecule has 3 heteroatoms. The number of hydrogen-bond donors (Lipinski definition) is 3. The quantitative estimate of drug-likeness (QED) is 0.652. The van der Waals surface area contributed by atoms with Crippen molar-refractivity contribution in [3.63, 3.8) is 0 Å². The van der Waals surface area contributed by atoms with Gasteiger partial charge in [-0.3, -0.25) is 0 Å². The number of fused-ring (bicyclic) bond motifs is 5. The Morgan fingerprint density at radius 3 is 2.73 bits per heavy atom. The summed E-state index contributed by atoms with van der Waals surface area (Å²) in [6.07, 6.45) is 10.6. The molecule has 4 rings (SSSR count). The van der Waals surface area contributed by atoms with Crippen LogP contribution in [0.2, 0.25) is 0 Å². The van der Waals surface area contributed by atoms with Gasteiger partial charge in [-0.1, -0.05) is 18.6 Å². The van der Waals surface area contributed by atoms with Crippen LogP contribution >= 0.6 is 0 Å². The predicted molar refractivity (Wildman–Crippen MR) is 87.1 cm³/mol. The molecule has 0 aromatic rings. The second-order valence-corrected chi connectivity index (χ2v) is 8.74. The fourth-order valence-electron chi connectivity index (χ4n) is 6.79. The minimum atomic E-state index is -0.162. The van der Waals surface area contributed by atoms with Gasteiger partial charge >= 0.3 is 0 Å². The van der Waals surface area contributed by atoms with Gasteiger partial charge < -0.3 is 15.9 Å². The smallest absolute Gasteiger partial charge is 0.0596 e. The molecule has 0 spiro atoms. The summed E-state index contributed by atoms with van der Waals surface area (Å²) in [5, 5.41) is 20.6. The third-order valence-electron chi connectivity index (χ3n) is 8.12. The molecule has 3 saturated carbocycles. The Kier molecular flexibility index (Phi) is 3.49. The van der Waals surface area contributed by atoms with Crippen molar-refractivity contribution in [2.45, 2.75) is 70.5 Å². The van der Waals surface area contributed by atoms with Crippen LogP contribution in [0.3, 0.4) is 0 Å². The third-order valence-corrected chi connectivity index (χ3v) is 8.12. The molecule has 7 atom stereocenters. The Labute approximate surface area is 134 Å². The van der Waals surface area contributed by atoms with Gasteiger partial charge in [-0.05, 0) is 74.5 Å². The molecular weight excluding hydrogens is 274 g/mol. The van der Waals surface area contributed by atoms with Crippen molar-refractivity contribution < 1.29 is 10.2 Å². The summed E-state index contributed by atoms with van der Waals surface area (Å²) >= 11 is 0. The molecule has 3 nitrogen and oxygen atoms in total. The Morgan fingerprint density at radius 1 is 1.14 bits per heavy atom. The highest BCUT2D eigenvalue weighted by Gasteiger charge is 2.59. The monoisotopic (exact) mass is 305 g/mol. The van der Waals surface area contributed by atoms with Gasteiger partial charge in [0, 0.05) is 12.0 Å². The highest BCUT2D eigenvalue weighted by molar-refractivity contribution is 5.27. The summed E-state index contributed by atoms with van der Waals surface area (Å²) in [7, 11) is 0. The minimum absolute atomic E-state index is 0.106. The summed E-state index contributed by atoms with van der Waals surface area (Å²) in [6, 6.07) is 0. The zero-order chi connectivity index (χ0) is 15.5. The van der Waals surface area contributed by atoms with Crippen LogP contribution in [0.5, 0.6) is 0 Å². The van der Waals surface area contributed by atoms with E-state index in [1.54, 1.807) is 0 Å². The lowest BCUT2D eigenvalue weighted by atomic mass is 9.47. The summed E-state index contributed by atoms with van der Waals surface area (Å²) in [5.74, 6) is 2.03. The highest BCUT2D eigenvalue weighted by Crippen LogP contribution is 2.64. The molecule has 22 heavy (non-hydrogen) atoms. The molecule has 0 radical (unpaired) electrons. The predicted octanol–water partition coefficient (Wildman–Crippen LogP) is 2.61. The van der Waals surface area contributed by atoms with E-state index in [4.69, 9.17) is 5.73 Å². The van der Waals surface area contributed by atoms with E-state index < -0.39 is 0 Å². The normalized spacial score (nSPS) is 54.2. The van der Waals surface area contributed by atoms with Crippen LogP contribution in [0.4, 0.5) is 0 Å². The zero-order valence-corrected chi connectivity index (χ0v) is 13.8. The first-order valence-electron chi connectivity index (χ1n) is 9.27. The van der Waals surface area contributed by atoms with Gasteiger partial charge in [0.15, 0.2) is 0 Å². The lowest BCUT2D eigenvalue weighted by molar-refractivity contribution is -0.0734. The maximum atomic E-state index is 10.5. The van der Waals surface area contributed by atoms with E-state index in [1.807, 2.05) is 0 Å². The van der Waals surface area contributed by atoms with Crippen molar-refractivity contribution in [3.05, 3.63) is 11.6 Å². The van der Waals surface area contributed by atoms with Crippen molar-refractivity contribution in [3.8, 4) is 0 Å². The van der Waals surface area contributed by atoms with Gasteiger partial charge in [0.25, 0.3) is 0 Å². The van der Waals surface area contributed by atoms with Gasteiger partial charge in [-0.15, -0.1) is 0 Å². The SMILES string of the molecule is C[C@]12CC[C@H]3[C@@H](CC=C4C[C@@H](O)CC[C@@]43CN)[C@@H]1CC[C@@H]2O. The van der Waals surface area contributed by atoms with E-state index >= 15 is 0 Å². The number of hydrogen-bond acceptors (Lipinski definition) is 3. The molecule has 0 aromatic heterocycles. The van der Waals surface area contributed by atoms with Gasteiger partial charge in [0.05, 0.1) is 12.2 Å². The van der Waals surface area contributed by atoms with Crippen LogP contribution in [0.25, 0.3) is 0 Å². The van der Waals surface area contributed by atoms with Gasteiger partial charge in [-0.25, -0.2) is 0 Å². The molecule has 0 aromatic carbocycles. The summed E-state index contributed by atoms with van der Waals surface area (Å²) in [5.41, 5.74) is 8.07. The van der Waals surface area contributed by atoms with Crippen LogP contribution in [0.15, 0.2) is 11.6 Å². The van der Waals surface area contributed by atoms with Crippen LogP contribution < -0.4 is 5.73 Å². The standard InChI is InChI=1S/C19H31NO2/c1-18-8-7-16-14(15(18)4-5-17(18)22)3-2-12-10-13(21)6-9-19(12,16)11-20/h2,13-17,21-22H,3-11,20H2,1H3/t13-,14-,15-,16-,17-,18-,19+/m0/s1. The topological polar surface area (TPSA) is 66.5 Å². The Balaban J connectivity index is 1.70. The average Bonchev–Trinajstić information content (AvgIpc) is 2.82. The summed E-state index contributed by atoms with van der Waals surface area (Å²) in [4.78, 5) is 0. The summed E-state index contributed by atoms with van der Waals surface area (Å²) in [6.45, 7) is 3.06. The molecule has 4 N–H and O–H groups in total. The highest BCUT2D eigenvalue weighted by atomic mass is 16.3. The molecular formula is C19H31NO2. The lowest BCUT2D eigenvalue weighted by Crippen LogP contribution is -2.54. The maximum Gasteiger partial charge on any atom is 0.0596 e.